The van der Waals surface area contributed by atoms with Gasteiger partial charge < -0.3 is 4.57 Å². The van der Waals surface area contributed by atoms with E-state index in [2.05, 4.69) is 49.7 Å². The van der Waals surface area contributed by atoms with E-state index in [-0.39, 0.29) is 5.91 Å². The van der Waals surface area contributed by atoms with Crippen molar-refractivity contribution in [1.29, 1.82) is 0 Å². The maximum atomic E-state index is 13.3. The predicted octanol–water partition coefficient (Wildman–Crippen LogP) is 6.22. The van der Waals surface area contributed by atoms with Gasteiger partial charge in [0, 0.05) is 24.5 Å². The average molecular weight is 430 g/mol. The zero-order chi connectivity index (χ0) is 21.8. The summed E-state index contributed by atoms with van der Waals surface area (Å²) in [6.45, 7) is 7.02. The molecule has 0 aliphatic carbocycles. The summed E-state index contributed by atoms with van der Waals surface area (Å²) in [6.07, 6.45) is 4.89. The van der Waals surface area contributed by atoms with Gasteiger partial charge in [-0.1, -0.05) is 48.5 Å². The Morgan fingerprint density at radius 2 is 1.71 bits per heavy atom. The van der Waals surface area contributed by atoms with Crippen molar-refractivity contribution in [2.45, 2.75) is 33.2 Å². The van der Waals surface area contributed by atoms with Crippen LogP contribution >= 0.6 is 11.8 Å². The number of hydrogen-bond acceptors (Lipinski definition) is 3. The summed E-state index contributed by atoms with van der Waals surface area (Å²) in [5.41, 5.74) is 4.30. The van der Waals surface area contributed by atoms with Crippen LogP contribution in [0, 0.1) is 6.92 Å². The van der Waals surface area contributed by atoms with Gasteiger partial charge in [-0.05, 0) is 74.4 Å². The third kappa shape index (κ3) is 5.00. The smallest absolute Gasteiger partial charge is 0.266 e. The Balaban J connectivity index is 1.63. The summed E-state index contributed by atoms with van der Waals surface area (Å²) in [6, 6.07) is 22.6. The normalized spacial score (nSPS) is 16.8. The molecule has 4 nitrogen and oxygen atoms in total. The van der Waals surface area contributed by atoms with Crippen LogP contribution < -0.4 is 0 Å². The first-order valence-electron chi connectivity index (χ1n) is 10.6. The molecule has 1 amide bonds. The van der Waals surface area contributed by atoms with Crippen LogP contribution in [0.3, 0.4) is 0 Å². The van der Waals surface area contributed by atoms with Gasteiger partial charge in [0.1, 0.15) is 0 Å². The number of rotatable bonds is 6. The summed E-state index contributed by atoms with van der Waals surface area (Å²) in [5, 5.41) is 0.735. The number of carbonyl (C=O) groups is 1. The zero-order valence-corrected chi connectivity index (χ0v) is 19.0. The van der Waals surface area contributed by atoms with E-state index in [1.807, 2.05) is 59.5 Å². The number of hydrogen-bond donors (Lipinski definition) is 0. The van der Waals surface area contributed by atoms with E-state index < -0.39 is 0 Å². The molecular weight excluding hydrogens is 402 g/mol. The molecule has 0 bridgehead atoms. The largest absolute Gasteiger partial charge is 0.349 e. The summed E-state index contributed by atoms with van der Waals surface area (Å²) < 4.78 is 2.22. The van der Waals surface area contributed by atoms with Gasteiger partial charge in [0.05, 0.1) is 10.6 Å². The first kappa shape index (κ1) is 21.2. The SMILES string of the molecule is Cc1cc(/C=C2/SC(=Nc3ccccc3)N(CCc3ccccc3)C2=O)cn1C(C)C. The number of amidine groups is 1. The van der Waals surface area contributed by atoms with Gasteiger partial charge in [-0.25, -0.2) is 4.99 Å². The van der Waals surface area contributed by atoms with E-state index >= 15 is 0 Å². The lowest BCUT2D eigenvalue weighted by atomic mass is 10.1. The fraction of sp³-hybridized carbons (Fsp3) is 0.231. The molecule has 158 valence electrons. The maximum absolute atomic E-state index is 13.3. The molecule has 0 atom stereocenters. The number of aliphatic imine (C=N–C) groups is 1. The van der Waals surface area contributed by atoms with Crippen LogP contribution in [0.4, 0.5) is 5.69 Å². The molecule has 3 aromatic rings. The van der Waals surface area contributed by atoms with Crippen molar-refractivity contribution in [3.05, 3.63) is 94.7 Å². The van der Waals surface area contributed by atoms with E-state index in [4.69, 9.17) is 4.99 Å². The van der Waals surface area contributed by atoms with Gasteiger partial charge in [0.2, 0.25) is 0 Å². The maximum Gasteiger partial charge on any atom is 0.266 e. The lowest BCUT2D eigenvalue weighted by Gasteiger charge is -2.15. The highest BCUT2D eigenvalue weighted by molar-refractivity contribution is 8.18. The van der Waals surface area contributed by atoms with Crippen LogP contribution in [0.15, 0.2) is 82.8 Å². The molecule has 2 aromatic carbocycles. The number of aryl methyl sites for hydroxylation is 1. The Morgan fingerprint density at radius 1 is 1.03 bits per heavy atom. The molecule has 1 aromatic heterocycles. The van der Waals surface area contributed by atoms with Crippen molar-refractivity contribution in [3.63, 3.8) is 0 Å². The third-order valence-corrected chi connectivity index (χ3v) is 6.27. The van der Waals surface area contributed by atoms with Crippen molar-refractivity contribution < 1.29 is 4.79 Å². The van der Waals surface area contributed by atoms with Gasteiger partial charge in [-0.2, -0.15) is 0 Å². The number of nitrogens with zero attached hydrogens (tertiary/aromatic N) is 3. The number of carbonyl (C=O) groups excluding carboxylic acids is 1. The number of para-hydroxylation sites is 1. The van der Waals surface area contributed by atoms with Crippen LogP contribution in [0.5, 0.6) is 0 Å². The molecular formula is C26H27N3OS. The summed E-state index contributed by atoms with van der Waals surface area (Å²) in [5.74, 6) is 0.0190. The molecule has 2 heterocycles. The molecule has 31 heavy (non-hydrogen) atoms. The highest BCUT2D eigenvalue weighted by atomic mass is 32.2. The number of aromatic nitrogens is 1. The molecule has 0 unspecified atom stereocenters. The Hall–Kier alpha value is -3.05. The fourth-order valence-electron chi connectivity index (χ4n) is 3.69. The van der Waals surface area contributed by atoms with Crippen molar-refractivity contribution in [1.82, 2.24) is 9.47 Å². The average Bonchev–Trinajstić information content (AvgIpc) is 3.28. The Bertz CT molecular complexity index is 1110. The second-order valence-electron chi connectivity index (χ2n) is 7.95. The molecule has 1 aliphatic rings. The molecule has 1 fully saturated rings. The van der Waals surface area contributed by atoms with Gasteiger partial charge in [0.25, 0.3) is 5.91 Å². The molecule has 1 aliphatic heterocycles. The van der Waals surface area contributed by atoms with E-state index in [0.29, 0.717) is 17.5 Å². The predicted molar refractivity (Wildman–Crippen MR) is 131 cm³/mol. The Kier molecular flexibility index (Phi) is 6.42. The van der Waals surface area contributed by atoms with E-state index in [0.717, 1.165) is 22.8 Å². The van der Waals surface area contributed by atoms with Gasteiger partial charge >= 0.3 is 0 Å². The highest BCUT2D eigenvalue weighted by Crippen LogP contribution is 2.34. The van der Waals surface area contributed by atoms with E-state index in [1.54, 1.807) is 0 Å². The molecule has 0 saturated carbocycles. The first-order chi connectivity index (χ1) is 15.0. The Morgan fingerprint density at radius 3 is 2.35 bits per heavy atom. The van der Waals surface area contributed by atoms with Crippen LogP contribution in [-0.4, -0.2) is 27.1 Å². The summed E-state index contributed by atoms with van der Waals surface area (Å²) in [4.78, 5) is 20.6. The fourth-order valence-corrected chi connectivity index (χ4v) is 4.71. The summed E-state index contributed by atoms with van der Waals surface area (Å²) >= 11 is 1.45. The van der Waals surface area contributed by atoms with E-state index in [9.17, 15) is 4.79 Å². The van der Waals surface area contributed by atoms with E-state index in [1.165, 1.54) is 23.0 Å². The second kappa shape index (κ2) is 9.40. The monoisotopic (exact) mass is 429 g/mol. The number of amides is 1. The Labute approximate surface area is 188 Å². The molecule has 0 N–H and O–H groups in total. The second-order valence-corrected chi connectivity index (χ2v) is 8.96. The molecule has 0 spiro atoms. The van der Waals surface area contributed by atoms with Gasteiger partial charge in [0.15, 0.2) is 5.17 Å². The van der Waals surface area contributed by atoms with Crippen molar-refractivity contribution in [2.24, 2.45) is 4.99 Å². The van der Waals surface area contributed by atoms with Gasteiger partial charge in [-0.3, -0.25) is 9.69 Å². The minimum atomic E-state index is 0.0190. The van der Waals surface area contributed by atoms with Gasteiger partial charge in [-0.15, -0.1) is 0 Å². The molecule has 0 radical (unpaired) electrons. The summed E-state index contributed by atoms with van der Waals surface area (Å²) in [7, 11) is 0. The standard InChI is InChI=1S/C26H27N3OS/c1-19(2)29-18-22(16-20(29)3)17-24-25(30)28(15-14-21-10-6-4-7-11-21)26(31-24)27-23-12-8-5-9-13-23/h4-13,16-19H,14-15H2,1-3H3/b24-17+,27-26?. The minimum Gasteiger partial charge on any atom is -0.349 e. The lowest BCUT2D eigenvalue weighted by molar-refractivity contribution is -0.122. The molecule has 1 saturated heterocycles. The van der Waals surface area contributed by atoms with Crippen molar-refractivity contribution >= 4 is 34.6 Å². The van der Waals surface area contributed by atoms with Crippen molar-refractivity contribution in [3.8, 4) is 0 Å². The van der Waals surface area contributed by atoms with Crippen LogP contribution in [0.2, 0.25) is 0 Å². The highest BCUT2D eigenvalue weighted by Gasteiger charge is 2.33. The zero-order valence-electron chi connectivity index (χ0n) is 18.2. The minimum absolute atomic E-state index is 0.0190. The first-order valence-corrected chi connectivity index (χ1v) is 11.4. The number of benzene rings is 2. The topological polar surface area (TPSA) is 37.6 Å². The third-order valence-electron chi connectivity index (χ3n) is 5.26. The number of thioether (sulfide) groups is 1. The van der Waals surface area contributed by atoms with Crippen molar-refractivity contribution in [2.75, 3.05) is 6.54 Å². The quantitative estimate of drug-likeness (QED) is 0.436. The lowest BCUT2D eigenvalue weighted by Crippen LogP contribution is -2.31. The van der Waals surface area contributed by atoms with Crippen LogP contribution in [-0.2, 0) is 11.2 Å². The van der Waals surface area contributed by atoms with Crippen LogP contribution in [0.25, 0.3) is 6.08 Å². The van der Waals surface area contributed by atoms with Crippen LogP contribution in [0.1, 0.15) is 36.7 Å². The molecule has 4 rings (SSSR count). The molecule has 5 heteroatoms.